The highest BCUT2D eigenvalue weighted by atomic mass is 16.4. The highest BCUT2D eigenvalue weighted by Gasteiger charge is 2.20. The van der Waals surface area contributed by atoms with Crippen molar-refractivity contribution in [1.82, 2.24) is 0 Å². The van der Waals surface area contributed by atoms with Crippen molar-refractivity contribution in [3.05, 3.63) is 22.8 Å². The van der Waals surface area contributed by atoms with Crippen molar-refractivity contribution < 1.29 is 19.8 Å². The van der Waals surface area contributed by atoms with Crippen molar-refractivity contribution in [2.45, 2.75) is 33.6 Å². The first-order valence-corrected chi connectivity index (χ1v) is 4.76. The summed E-state index contributed by atoms with van der Waals surface area (Å²) in [6.07, 6.45) is 2.80. The number of rotatable bonds is 5. The lowest BCUT2D eigenvalue weighted by molar-refractivity contribution is -0.136. The van der Waals surface area contributed by atoms with E-state index in [9.17, 15) is 9.59 Å². The van der Waals surface area contributed by atoms with Crippen LogP contribution in [0.3, 0.4) is 0 Å². The lowest BCUT2D eigenvalue weighted by Crippen LogP contribution is -2.12. The van der Waals surface area contributed by atoms with E-state index < -0.39 is 11.9 Å². The maximum atomic E-state index is 10.9. The average Bonchev–Trinajstić information content (AvgIpc) is 2.09. The molecule has 0 bridgehead atoms. The van der Waals surface area contributed by atoms with Gasteiger partial charge in [0, 0.05) is 0 Å². The van der Waals surface area contributed by atoms with E-state index >= 15 is 0 Å². The van der Waals surface area contributed by atoms with Gasteiger partial charge in [-0.2, -0.15) is 0 Å². The van der Waals surface area contributed by atoms with Gasteiger partial charge in [-0.3, -0.25) is 0 Å². The van der Waals surface area contributed by atoms with Crippen LogP contribution in [-0.4, -0.2) is 22.2 Å². The predicted octanol–water partition coefficient (Wildman–Crippen LogP) is 2.22. The SMILES string of the molecule is CCC/C=C(\C(=O)O)C(C(=O)O)=C(C)C. The molecule has 0 rings (SSSR count). The molecule has 0 amide bonds. The van der Waals surface area contributed by atoms with Gasteiger partial charge in [-0.25, -0.2) is 9.59 Å². The van der Waals surface area contributed by atoms with E-state index in [1.165, 1.54) is 6.08 Å². The van der Waals surface area contributed by atoms with Gasteiger partial charge in [0.1, 0.15) is 0 Å². The first kappa shape index (κ1) is 13.4. The minimum atomic E-state index is -1.19. The molecular weight excluding hydrogens is 196 g/mol. The number of aliphatic carboxylic acids is 2. The Kier molecular flexibility index (Phi) is 5.37. The van der Waals surface area contributed by atoms with Crippen LogP contribution in [0.15, 0.2) is 22.8 Å². The summed E-state index contributed by atoms with van der Waals surface area (Å²) in [6, 6.07) is 0. The van der Waals surface area contributed by atoms with E-state index in [0.29, 0.717) is 12.0 Å². The lowest BCUT2D eigenvalue weighted by atomic mass is 10.0. The molecule has 0 aromatic heterocycles. The third-order valence-corrected chi connectivity index (χ3v) is 1.85. The van der Waals surface area contributed by atoms with E-state index in [1.807, 2.05) is 6.92 Å². The Hall–Kier alpha value is -1.58. The van der Waals surface area contributed by atoms with Crippen LogP contribution in [0.1, 0.15) is 33.6 Å². The lowest BCUT2D eigenvalue weighted by Gasteiger charge is -2.05. The fraction of sp³-hybridized carbons (Fsp3) is 0.455. The van der Waals surface area contributed by atoms with Gasteiger partial charge in [-0.05, 0) is 20.3 Å². The number of unbranched alkanes of at least 4 members (excludes halogenated alkanes) is 1. The molecule has 0 aliphatic rings. The molecule has 0 unspecified atom stereocenters. The summed E-state index contributed by atoms with van der Waals surface area (Å²) in [5.74, 6) is -2.39. The molecule has 0 aromatic carbocycles. The van der Waals surface area contributed by atoms with Crippen LogP contribution in [0.2, 0.25) is 0 Å². The van der Waals surface area contributed by atoms with Crippen molar-refractivity contribution in [2.75, 3.05) is 0 Å². The van der Waals surface area contributed by atoms with Gasteiger partial charge < -0.3 is 10.2 Å². The first-order chi connectivity index (χ1) is 6.91. The van der Waals surface area contributed by atoms with Crippen molar-refractivity contribution in [3.63, 3.8) is 0 Å². The van der Waals surface area contributed by atoms with Crippen molar-refractivity contribution in [3.8, 4) is 0 Å². The monoisotopic (exact) mass is 212 g/mol. The van der Waals surface area contributed by atoms with Crippen LogP contribution in [0.25, 0.3) is 0 Å². The fourth-order valence-electron chi connectivity index (χ4n) is 1.18. The third kappa shape index (κ3) is 3.97. The molecular formula is C11H16O4. The zero-order valence-corrected chi connectivity index (χ0v) is 9.20. The molecule has 4 heteroatoms. The molecule has 0 fully saturated rings. The topological polar surface area (TPSA) is 74.6 Å². The van der Waals surface area contributed by atoms with Crippen molar-refractivity contribution in [1.29, 1.82) is 0 Å². The Morgan fingerprint density at radius 2 is 1.67 bits per heavy atom. The Morgan fingerprint density at radius 3 is 1.93 bits per heavy atom. The number of allylic oxidation sites excluding steroid dienone is 2. The first-order valence-electron chi connectivity index (χ1n) is 4.76. The number of carboxylic acid groups (broad SMARTS) is 2. The van der Waals surface area contributed by atoms with Crippen LogP contribution in [0, 0.1) is 0 Å². The van der Waals surface area contributed by atoms with Crippen LogP contribution in [0.4, 0.5) is 0 Å². The molecule has 0 aliphatic heterocycles. The normalized spacial score (nSPS) is 11.0. The van der Waals surface area contributed by atoms with E-state index in [4.69, 9.17) is 10.2 Å². The molecule has 0 saturated heterocycles. The Labute approximate surface area is 88.9 Å². The molecule has 0 aliphatic carbocycles. The molecule has 2 N–H and O–H groups in total. The van der Waals surface area contributed by atoms with Crippen LogP contribution in [0.5, 0.6) is 0 Å². The molecule has 0 saturated carbocycles. The summed E-state index contributed by atoms with van der Waals surface area (Å²) in [6.45, 7) is 5.08. The van der Waals surface area contributed by atoms with Gasteiger partial charge in [-0.1, -0.05) is 25.0 Å². The second-order valence-corrected chi connectivity index (χ2v) is 3.39. The molecule has 84 valence electrons. The molecule has 4 nitrogen and oxygen atoms in total. The molecule has 0 spiro atoms. The summed E-state index contributed by atoms with van der Waals surface area (Å²) >= 11 is 0. The summed E-state index contributed by atoms with van der Waals surface area (Å²) in [5, 5.41) is 17.8. The van der Waals surface area contributed by atoms with E-state index in [1.54, 1.807) is 13.8 Å². The molecule has 0 aromatic rings. The van der Waals surface area contributed by atoms with Crippen molar-refractivity contribution in [2.24, 2.45) is 0 Å². The maximum absolute atomic E-state index is 10.9. The number of carboxylic acids is 2. The molecule has 0 heterocycles. The molecule has 15 heavy (non-hydrogen) atoms. The van der Waals surface area contributed by atoms with Crippen LogP contribution < -0.4 is 0 Å². The average molecular weight is 212 g/mol. The van der Waals surface area contributed by atoms with Gasteiger partial charge in [0.2, 0.25) is 0 Å². The maximum Gasteiger partial charge on any atom is 0.336 e. The largest absolute Gasteiger partial charge is 0.478 e. The third-order valence-electron chi connectivity index (χ3n) is 1.85. The summed E-state index contributed by atoms with van der Waals surface area (Å²) in [7, 11) is 0. The van der Waals surface area contributed by atoms with Gasteiger partial charge in [-0.15, -0.1) is 0 Å². The summed E-state index contributed by atoms with van der Waals surface area (Å²) in [5.41, 5.74) is 0.257. The van der Waals surface area contributed by atoms with Gasteiger partial charge in [0.05, 0.1) is 11.1 Å². The second kappa shape index (κ2) is 6.01. The second-order valence-electron chi connectivity index (χ2n) is 3.39. The molecule has 0 radical (unpaired) electrons. The standard InChI is InChI=1S/C11H16O4/c1-4-5-6-8(10(12)13)9(7(2)3)11(14)15/h6H,4-5H2,1-3H3,(H,12,13)(H,14,15)/b8-6-. The van der Waals surface area contributed by atoms with Gasteiger partial charge in [0.15, 0.2) is 0 Å². The van der Waals surface area contributed by atoms with Crippen LogP contribution in [-0.2, 0) is 9.59 Å². The summed E-state index contributed by atoms with van der Waals surface area (Å²) < 4.78 is 0. The number of hydrogen-bond acceptors (Lipinski definition) is 2. The zero-order valence-electron chi connectivity index (χ0n) is 9.20. The Balaban J connectivity index is 5.33. The quantitative estimate of drug-likeness (QED) is 0.541. The van der Waals surface area contributed by atoms with Crippen molar-refractivity contribution >= 4 is 11.9 Å². The Morgan fingerprint density at radius 1 is 1.13 bits per heavy atom. The number of hydrogen-bond donors (Lipinski definition) is 2. The highest BCUT2D eigenvalue weighted by molar-refractivity contribution is 6.06. The smallest absolute Gasteiger partial charge is 0.336 e. The van der Waals surface area contributed by atoms with E-state index in [0.717, 1.165) is 6.42 Å². The highest BCUT2D eigenvalue weighted by Crippen LogP contribution is 2.16. The van der Waals surface area contributed by atoms with E-state index in [2.05, 4.69) is 0 Å². The minimum absolute atomic E-state index is 0.115. The van der Waals surface area contributed by atoms with E-state index in [-0.39, 0.29) is 11.1 Å². The minimum Gasteiger partial charge on any atom is -0.478 e. The predicted molar refractivity (Wildman–Crippen MR) is 56.6 cm³/mol. The zero-order chi connectivity index (χ0) is 12.0. The van der Waals surface area contributed by atoms with Crippen LogP contribution >= 0.6 is 0 Å². The Bertz CT molecular complexity index is 319. The van der Waals surface area contributed by atoms with Gasteiger partial charge in [0.25, 0.3) is 0 Å². The van der Waals surface area contributed by atoms with Gasteiger partial charge >= 0.3 is 11.9 Å². The molecule has 0 atom stereocenters. The number of carbonyl (C=O) groups is 2. The summed E-state index contributed by atoms with van der Waals surface area (Å²) in [4.78, 5) is 21.8. The fourth-order valence-corrected chi connectivity index (χ4v) is 1.18.